The summed E-state index contributed by atoms with van der Waals surface area (Å²) in [6.07, 6.45) is 0. The van der Waals surface area contributed by atoms with E-state index in [1.165, 1.54) is 0 Å². The molecular weight excluding hydrogens is 236 g/mol. The van der Waals surface area contributed by atoms with E-state index in [4.69, 9.17) is 6.85 Å². The molecule has 2 aromatic carbocycles. The van der Waals surface area contributed by atoms with Gasteiger partial charge in [0.25, 0.3) is 0 Å². The zero-order chi connectivity index (χ0) is 14.2. The fourth-order valence-electron chi connectivity index (χ4n) is 1.18. The van der Waals surface area contributed by atoms with Gasteiger partial charge in [-0.1, -0.05) is 76.5 Å². The molecule has 0 heterocycles. The van der Waals surface area contributed by atoms with Gasteiger partial charge in [0.15, 0.2) is 0 Å². The van der Waals surface area contributed by atoms with Crippen molar-refractivity contribution in [3.05, 3.63) is 71.7 Å². The smallest absolute Gasteiger partial charge is 0.0644 e. The predicted molar refractivity (Wildman–Crippen MR) is 63.7 cm³/mol. The standard InChI is InChI=1S/C13H11Br/c14-13(11-7-3-1-4-8-11)12-9-5-2-6-10-12/h1-10,13H/i1D,3D,4D,7D,8D. The van der Waals surface area contributed by atoms with Crippen molar-refractivity contribution in [1.29, 1.82) is 0 Å². The van der Waals surface area contributed by atoms with Crippen molar-refractivity contribution >= 4 is 15.9 Å². The Morgan fingerprint density at radius 1 is 0.929 bits per heavy atom. The summed E-state index contributed by atoms with van der Waals surface area (Å²) in [7, 11) is 0. The molecule has 70 valence electrons. The van der Waals surface area contributed by atoms with Crippen molar-refractivity contribution < 1.29 is 6.85 Å². The first kappa shape index (κ1) is 5.13. The maximum atomic E-state index is 7.91. The molecule has 14 heavy (non-hydrogen) atoms. The predicted octanol–water partition coefficient (Wildman–Crippen LogP) is 4.17. The number of halogens is 1. The van der Waals surface area contributed by atoms with Crippen molar-refractivity contribution in [3.63, 3.8) is 0 Å². The molecule has 0 saturated carbocycles. The lowest BCUT2D eigenvalue weighted by atomic mass is 10.1. The van der Waals surface area contributed by atoms with Crippen molar-refractivity contribution in [2.45, 2.75) is 4.83 Å². The van der Waals surface area contributed by atoms with Crippen LogP contribution in [0, 0.1) is 0 Å². The van der Waals surface area contributed by atoms with Gasteiger partial charge in [0.2, 0.25) is 0 Å². The highest BCUT2D eigenvalue weighted by atomic mass is 79.9. The van der Waals surface area contributed by atoms with Crippen LogP contribution in [-0.4, -0.2) is 0 Å². The van der Waals surface area contributed by atoms with E-state index >= 15 is 0 Å². The van der Waals surface area contributed by atoms with Crippen LogP contribution >= 0.6 is 15.9 Å². The maximum absolute atomic E-state index is 7.91. The molecular formula is C13H11Br. The van der Waals surface area contributed by atoms with Gasteiger partial charge in [-0.2, -0.15) is 0 Å². The highest BCUT2D eigenvalue weighted by Crippen LogP contribution is 2.29. The Morgan fingerprint density at radius 3 is 2.21 bits per heavy atom. The van der Waals surface area contributed by atoms with E-state index in [-0.39, 0.29) is 35.8 Å². The Balaban J connectivity index is 2.64. The molecule has 0 fully saturated rings. The van der Waals surface area contributed by atoms with Gasteiger partial charge in [0.1, 0.15) is 0 Å². The minimum absolute atomic E-state index is 0.170. The highest BCUT2D eigenvalue weighted by molar-refractivity contribution is 9.09. The fraction of sp³-hybridized carbons (Fsp3) is 0.0769. The molecule has 0 aliphatic heterocycles. The van der Waals surface area contributed by atoms with E-state index in [0.717, 1.165) is 5.56 Å². The minimum Gasteiger partial charge on any atom is -0.0786 e. The molecule has 0 nitrogen and oxygen atoms in total. The third-order valence-corrected chi connectivity index (χ3v) is 2.85. The van der Waals surface area contributed by atoms with Gasteiger partial charge in [-0.05, 0) is 11.1 Å². The average molecular weight is 252 g/mol. The minimum atomic E-state index is -0.428. The highest BCUT2D eigenvalue weighted by Gasteiger charge is 2.07. The van der Waals surface area contributed by atoms with Gasteiger partial charge in [-0.15, -0.1) is 0 Å². The lowest BCUT2D eigenvalue weighted by Crippen LogP contribution is -1.90. The van der Waals surface area contributed by atoms with Gasteiger partial charge in [-0.3, -0.25) is 0 Å². The zero-order valence-corrected chi connectivity index (χ0v) is 8.93. The van der Waals surface area contributed by atoms with Crippen LogP contribution in [0.1, 0.15) is 22.8 Å². The van der Waals surface area contributed by atoms with Crippen molar-refractivity contribution in [1.82, 2.24) is 0 Å². The Morgan fingerprint density at radius 2 is 1.57 bits per heavy atom. The fourth-order valence-corrected chi connectivity index (χ4v) is 1.71. The number of hydrogen-bond acceptors (Lipinski definition) is 0. The Bertz CT molecular complexity index is 583. The largest absolute Gasteiger partial charge is 0.0786 e. The van der Waals surface area contributed by atoms with E-state index in [1.807, 2.05) is 30.3 Å². The summed E-state index contributed by atoms with van der Waals surface area (Å²) >= 11 is 3.42. The Hall–Kier alpha value is -1.08. The molecule has 2 rings (SSSR count). The molecule has 1 unspecified atom stereocenters. The van der Waals surface area contributed by atoms with E-state index < -0.39 is 4.83 Å². The topological polar surface area (TPSA) is 0 Å². The molecule has 0 bridgehead atoms. The Kier molecular flexibility index (Phi) is 1.62. The molecule has 0 aliphatic rings. The summed E-state index contributed by atoms with van der Waals surface area (Å²) in [4.78, 5) is -0.428. The van der Waals surface area contributed by atoms with Crippen LogP contribution in [0.4, 0.5) is 0 Å². The molecule has 0 N–H and O–H groups in total. The monoisotopic (exact) mass is 251 g/mol. The molecule has 0 aromatic heterocycles. The third-order valence-electron chi connectivity index (χ3n) is 1.87. The van der Waals surface area contributed by atoms with Crippen molar-refractivity contribution in [2.75, 3.05) is 0 Å². The van der Waals surface area contributed by atoms with Crippen LogP contribution in [-0.2, 0) is 0 Å². The van der Waals surface area contributed by atoms with E-state index in [0.29, 0.717) is 0 Å². The molecule has 1 heteroatoms. The summed E-state index contributed by atoms with van der Waals surface area (Å²) in [6, 6.07) is 7.93. The lowest BCUT2D eigenvalue weighted by molar-refractivity contribution is 1.18. The van der Waals surface area contributed by atoms with Gasteiger partial charge in [-0.25, -0.2) is 0 Å². The number of benzene rings is 2. The Labute approximate surface area is 99.7 Å². The molecule has 2 aromatic rings. The molecule has 0 saturated heterocycles. The summed E-state index contributed by atoms with van der Waals surface area (Å²) in [5, 5.41) is 0. The summed E-state index contributed by atoms with van der Waals surface area (Å²) in [5.74, 6) is 0. The second kappa shape index (κ2) is 4.43. The molecule has 0 spiro atoms. The van der Waals surface area contributed by atoms with Crippen LogP contribution in [0.15, 0.2) is 60.5 Å². The second-order valence-electron chi connectivity index (χ2n) is 2.81. The third kappa shape index (κ3) is 2.05. The van der Waals surface area contributed by atoms with Crippen LogP contribution < -0.4 is 0 Å². The van der Waals surface area contributed by atoms with Gasteiger partial charge in [0.05, 0.1) is 11.7 Å². The molecule has 0 aliphatic carbocycles. The second-order valence-corrected chi connectivity index (χ2v) is 3.73. The van der Waals surface area contributed by atoms with Gasteiger partial charge >= 0.3 is 0 Å². The van der Waals surface area contributed by atoms with E-state index in [2.05, 4.69) is 15.9 Å². The maximum Gasteiger partial charge on any atom is 0.0644 e. The first-order chi connectivity index (χ1) is 8.95. The zero-order valence-electron chi connectivity index (χ0n) is 12.3. The van der Waals surface area contributed by atoms with Crippen LogP contribution in [0.2, 0.25) is 0 Å². The van der Waals surface area contributed by atoms with Crippen molar-refractivity contribution in [3.8, 4) is 0 Å². The van der Waals surface area contributed by atoms with Gasteiger partial charge < -0.3 is 0 Å². The molecule has 0 radical (unpaired) electrons. The van der Waals surface area contributed by atoms with Crippen LogP contribution in [0.5, 0.6) is 0 Å². The summed E-state index contributed by atoms with van der Waals surface area (Å²) < 4.78 is 38.7. The first-order valence-electron chi connectivity index (χ1n) is 6.71. The van der Waals surface area contributed by atoms with Gasteiger partial charge in [0, 0.05) is 0 Å². The van der Waals surface area contributed by atoms with Crippen LogP contribution in [0.3, 0.4) is 0 Å². The van der Waals surface area contributed by atoms with E-state index in [9.17, 15) is 0 Å². The number of hydrogen-bond donors (Lipinski definition) is 0. The summed E-state index contributed by atoms with van der Waals surface area (Å²) in [6.45, 7) is 0. The van der Waals surface area contributed by atoms with E-state index in [1.54, 1.807) is 0 Å². The average Bonchev–Trinajstić information content (AvgIpc) is 2.44. The number of rotatable bonds is 2. The first-order valence-corrected chi connectivity index (χ1v) is 5.12. The van der Waals surface area contributed by atoms with Crippen molar-refractivity contribution in [2.24, 2.45) is 0 Å². The van der Waals surface area contributed by atoms with Crippen LogP contribution in [0.25, 0.3) is 0 Å². The molecule has 0 amide bonds. The molecule has 1 atom stereocenters. The quantitative estimate of drug-likeness (QED) is 0.703. The normalized spacial score (nSPS) is 17.4. The summed E-state index contributed by atoms with van der Waals surface area (Å²) in [5.41, 5.74) is 1.11. The number of alkyl halides is 1. The lowest BCUT2D eigenvalue weighted by Gasteiger charge is -2.09. The SMILES string of the molecule is [2H]c1c([2H])c([2H])c(C(Br)c2ccccc2)c([2H])c1[2H].